The van der Waals surface area contributed by atoms with Gasteiger partial charge in [0.15, 0.2) is 5.82 Å². The molecule has 100 valence electrons. The Bertz CT molecular complexity index is 766. The highest BCUT2D eigenvalue weighted by molar-refractivity contribution is 5.61. The van der Waals surface area contributed by atoms with Crippen LogP contribution in [-0.4, -0.2) is 20.2 Å². The zero-order valence-corrected chi connectivity index (χ0v) is 10.8. The van der Waals surface area contributed by atoms with Gasteiger partial charge in [0.05, 0.1) is 11.4 Å². The highest BCUT2D eigenvalue weighted by atomic mass is 19.1. The van der Waals surface area contributed by atoms with E-state index in [0.29, 0.717) is 11.4 Å². The van der Waals surface area contributed by atoms with Crippen molar-refractivity contribution in [3.8, 4) is 17.1 Å². The number of rotatable bonds is 2. The van der Waals surface area contributed by atoms with Crippen molar-refractivity contribution in [1.82, 2.24) is 20.2 Å². The standard InChI is InChI=1S/C14H12FN5/c1-9-4-2-3-5-13(9)20-14(17-18-19-20)10-6-7-12(16)11(15)8-10/h2-8H,16H2,1H3. The Balaban J connectivity index is 2.15. The summed E-state index contributed by atoms with van der Waals surface area (Å²) in [7, 11) is 0. The summed E-state index contributed by atoms with van der Waals surface area (Å²) in [5.74, 6) is -0.0139. The Morgan fingerprint density at radius 1 is 1.15 bits per heavy atom. The lowest BCUT2D eigenvalue weighted by atomic mass is 10.1. The minimum atomic E-state index is -0.484. The fraction of sp³-hybridized carbons (Fsp3) is 0.0714. The molecule has 1 aromatic heterocycles. The van der Waals surface area contributed by atoms with Crippen molar-refractivity contribution in [2.75, 3.05) is 5.73 Å². The number of aromatic nitrogens is 4. The molecular weight excluding hydrogens is 257 g/mol. The van der Waals surface area contributed by atoms with E-state index in [0.717, 1.165) is 11.3 Å². The Kier molecular flexibility index (Phi) is 2.90. The van der Waals surface area contributed by atoms with Gasteiger partial charge in [-0.3, -0.25) is 0 Å². The van der Waals surface area contributed by atoms with E-state index < -0.39 is 5.82 Å². The molecule has 1 heterocycles. The second-order valence-electron chi connectivity index (χ2n) is 4.44. The van der Waals surface area contributed by atoms with E-state index in [1.165, 1.54) is 12.1 Å². The first kappa shape index (κ1) is 12.3. The summed E-state index contributed by atoms with van der Waals surface area (Å²) in [6.07, 6.45) is 0. The Hall–Kier alpha value is -2.76. The summed E-state index contributed by atoms with van der Waals surface area (Å²) in [5.41, 5.74) is 8.03. The Morgan fingerprint density at radius 2 is 1.95 bits per heavy atom. The van der Waals surface area contributed by atoms with Gasteiger partial charge in [0.1, 0.15) is 5.82 Å². The molecule has 0 unspecified atom stereocenters. The number of anilines is 1. The molecule has 20 heavy (non-hydrogen) atoms. The largest absolute Gasteiger partial charge is 0.396 e. The van der Waals surface area contributed by atoms with Gasteiger partial charge in [-0.15, -0.1) is 5.10 Å². The molecule has 0 radical (unpaired) electrons. The van der Waals surface area contributed by atoms with Crippen molar-refractivity contribution < 1.29 is 4.39 Å². The van der Waals surface area contributed by atoms with Crippen LogP contribution in [0.1, 0.15) is 5.56 Å². The number of hydrogen-bond acceptors (Lipinski definition) is 4. The average Bonchev–Trinajstić information content (AvgIpc) is 2.91. The lowest BCUT2D eigenvalue weighted by molar-refractivity contribution is 0.632. The SMILES string of the molecule is Cc1ccccc1-n1nnnc1-c1ccc(N)c(F)c1. The molecule has 0 bridgehead atoms. The normalized spacial score (nSPS) is 10.7. The monoisotopic (exact) mass is 269 g/mol. The molecule has 0 fully saturated rings. The number of nitrogens with two attached hydrogens (primary N) is 1. The van der Waals surface area contributed by atoms with Gasteiger partial charge in [-0.1, -0.05) is 18.2 Å². The fourth-order valence-corrected chi connectivity index (χ4v) is 2.00. The molecule has 2 N–H and O–H groups in total. The fourth-order valence-electron chi connectivity index (χ4n) is 2.00. The van der Waals surface area contributed by atoms with Gasteiger partial charge in [-0.25, -0.2) is 4.39 Å². The molecule has 6 heteroatoms. The van der Waals surface area contributed by atoms with Gasteiger partial charge in [0.25, 0.3) is 0 Å². The molecule has 3 rings (SSSR count). The molecule has 0 atom stereocenters. The van der Waals surface area contributed by atoms with Crippen molar-refractivity contribution in [1.29, 1.82) is 0 Å². The van der Waals surface area contributed by atoms with E-state index in [2.05, 4.69) is 15.5 Å². The summed E-state index contributed by atoms with van der Waals surface area (Å²) in [4.78, 5) is 0. The van der Waals surface area contributed by atoms with Crippen LogP contribution in [0.25, 0.3) is 17.1 Å². The van der Waals surface area contributed by atoms with Crippen LogP contribution in [-0.2, 0) is 0 Å². The number of nitrogens with zero attached hydrogens (tertiary/aromatic N) is 4. The zero-order chi connectivity index (χ0) is 14.1. The van der Waals surface area contributed by atoms with Crippen LogP contribution in [0.15, 0.2) is 42.5 Å². The Morgan fingerprint density at radius 3 is 2.70 bits per heavy atom. The number of tetrazole rings is 1. The van der Waals surface area contributed by atoms with Crippen molar-refractivity contribution >= 4 is 5.69 Å². The first-order valence-corrected chi connectivity index (χ1v) is 6.06. The maximum Gasteiger partial charge on any atom is 0.187 e. The lowest BCUT2D eigenvalue weighted by Gasteiger charge is -2.07. The summed E-state index contributed by atoms with van der Waals surface area (Å²) in [5, 5.41) is 11.6. The molecule has 3 aromatic rings. The van der Waals surface area contributed by atoms with Gasteiger partial charge in [-0.2, -0.15) is 4.68 Å². The van der Waals surface area contributed by atoms with E-state index in [1.807, 2.05) is 31.2 Å². The van der Waals surface area contributed by atoms with Gasteiger partial charge in [0, 0.05) is 5.56 Å². The van der Waals surface area contributed by atoms with Gasteiger partial charge in [0.2, 0.25) is 0 Å². The molecule has 0 aliphatic rings. The third kappa shape index (κ3) is 2.01. The van der Waals surface area contributed by atoms with E-state index >= 15 is 0 Å². The topological polar surface area (TPSA) is 69.6 Å². The van der Waals surface area contributed by atoms with Gasteiger partial charge < -0.3 is 5.73 Å². The molecule has 0 saturated heterocycles. The molecular formula is C14H12FN5. The summed E-state index contributed by atoms with van der Waals surface area (Å²) in [6, 6.07) is 12.2. The zero-order valence-electron chi connectivity index (χ0n) is 10.8. The van der Waals surface area contributed by atoms with E-state index in [4.69, 9.17) is 5.73 Å². The van der Waals surface area contributed by atoms with E-state index in [-0.39, 0.29) is 5.69 Å². The van der Waals surface area contributed by atoms with Crippen molar-refractivity contribution in [3.63, 3.8) is 0 Å². The molecule has 0 spiro atoms. The second kappa shape index (κ2) is 4.73. The van der Waals surface area contributed by atoms with Crippen LogP contribution >= 0.6 is 0 Å². The van der Waals surface area contributed by atoms with Crippen molar-refractivity contribution in [2.24, 2.45) is 0 Å². The molecule has 0 aliphatic carbocycles. The maximum atomic E-state index is 13.6. The molecule has 5 nitrogen and oxygen atoms in total. The molecule has 0 saturated carbocycles. The molecule has 0 aliphatic heterocycles. The predicted octanol–water partition coefficient (Wildman–Crippen LogP) is 2.36. The summed E-state index contributed by atoms with van der Waals surface area (Å²) >= 11 is 0. The maximum absolute atomic E-state index is 13.6. The smallest absolute Gasteiger partial charge is 0.187 e. The number of benzene rings is 2. The number of hydrogen-bond donors (Lipinski definition) is 1. The van der Waals surface area contributed by atoms with Crippen LogP contribution in [0.3, 0.4) is 0 Å². The number of nitrogen functional groups attached to an aromatic ring is 1. The van der Waals surface area contributed by atoms with Gasteiger partial charge in [-0.05, 0) is 47.2 Å². The van der Waals surface area contributed by atoms with Crippen molar-refractivity contribution in [3.05, 3.63) is 53.8 Å². The number of halogens is 1. The van der Waals surface area contributed by atoms with Crippen LogP contribution in [0.5, 0.6) is 0 Å². The third-order valence-corrected chi connectivity index (χ3v) is 3.07. The highest BCUT2D eigenvalue weighted by Crippen LogP contribution is 2.23. The first-order chi connectivity index (χ1) is 9.66. The minimum Gasteiger partial charge on any atom is -0.396 e. The second-order valence-corrected chi connectivity index (χ2v) is 4.44. The van der Waals surface area contributed by atoms with Crippen LogP contribution in [0, 0.1) is 12.7 Å². The quantitative estimate of drug-likeness (QED) is 0.725. The van der Waals surface area contributed by atoms with Crippen LogP contribution in [0.2, 0.25) is 0 Å². The number of para-hydroxylation sites is 1. The van der Waals surface area contributed by atoms with E-state index in [1.54, 1.807) is 10.7 Å². The summed E-state index contributed by atoms with van der Waals surface area (Å²) < 4.78 is 15.2. The van der Waals surface area contributed by atoms with Crippen LogP contribution in [0.4, 0.5) is 10.1 Å². The summed E-state index contributed by atoms with van der Waals surface area (Å²) in [6.45, 7) is 1.96. The first-order valence-electron chi connectivity index (χ1n) is 6.06. The predicted molar refractivity (Wildman–Crippen MR) is 73.7 cm³/mol. The Labute approximate surface area is 114 Å². The number of aryl methyl sites for hydroxylation is 1. The van der Waals surface area contributed by atoms with E-state index in [9.17, 15) is 4.39 Å². The lowest BCUT2D eigenvalue weighted by Crippen LogP contribution is -2.02. The third-order valence-electron chi connectivity index (χ3n) is 3.07. The molecule has 2 aromatic carbocycles. The van der Waals surface area contributed by atoms with Gasteiger partial charge >= 0.3 is 0 Å². The van der Waals surface area contributed by atoms with Crippen LogP contribution < -0.4 is 5.73 Å². The average molecular weight is 269 g/mol. The van der Waals surface area contributed by atoms with Crippen molar-refractivity contribution in [2.45, 2.75) is 6.92 Å². The minimum absolute atomic E-state index is 0.101. The highest BCUT2D eigenvalue weighted by Gasteiger charge is 2.13. The molecule has 0 amide bonds.